The Morgan fingerprint density at radius 3 is 2.25 bits per heavy atom. The Labute approximate surface area is 239 Å². The lowest BCUT2D eigenvalue weighted by Gasteiger charge is -2.35. The Morgan fingerprint density at radius 2 is 1.57 bits per heavy atom. The molecule has 208 valence electrons. The number of fused-ring (bicyclic) bond motifs is 1. The fourth-order valence-electron chi connectivity index (χ4n) is 6.07. The lowest BCUT2D eigenvalue weighted by molar-refractivity contribution is -0.119. The zero-order chi connectivity index (χ0) is 28.4. The van der Waals surface area contributed by atoms with Crippen LogP contribution in [-0.4, -0.2) is 11.7 Å². The standard InChI is InChI=1S/C36H42N2O2/c1-6-7-8-13-33(40)38-31-12-10-9-11-29(31)37-30-22-27(25-18-20-28(21-19-25)36(3,4)5)23-32(39)34(30)35(38)26-16-14-24(2)15-17-26/h9-12,14-21,27,35,37H,6-8,13,22-23H2,1-5H3. The molecule has 1 aliphatic heterocycles. The van der Waals surface area contributed by atoms with Crippen LogP contribution in [0.4, 0.5) is 11.4 Å². The highest BCUT2D eigenvalue weighted by Gasteiger charge is 2.41. The fraction of sp³-hybridized carbons (Fsp3) is 0.389. The molecule has 2 atom stereocenters. The van der Waals surface area contributed by atoms with Gasteiger partial charge in [0.1, 0.15) is 0 Å². The van der Waals surface area contributed by atoms with Crippen LogP contribution in [0.15, 0.2) is 84.1 Å². The Hall–Kier alpha value is -3.66. The number of carbonyl (C=O) groups is 2. The second-order valence-electron chi connectivity index (χ2n) is 12.5. The first-order valence-electron chi connectivity index (χ1n) is 14.8. The lowest BCUT2D eigenvalue weighted by Crippen LogP contribution is -2.38. The third-order valence-electron chi connectivity index (χ3n) is 8.39. The quantitative estimate of drug-likeness (QED) is 0.322. The molecule has 0 saturated carbocycles. The van der Waals surface area contributed by atoms with E-state index in [1.54, 1.807) is 0 Å². The number of rotatable bonds is 6. The molecule has 1 N–H and O–H groups in total. The summed E-state index contributed by atoms with van der Waals surface area (Å²) >= 11 is 0. The molecule has 1 aliphatic carbocycles. The number of aryl methyl sites for hydroxylation is 1. The molecule has 0 aromatic heterocycles. The van der Waals surface area contributed by atoms with Crippen LogP contribution < -0.4 is 10.2 Å². The Kier molecular flexibility index (Phi) is 7.98. The summed E-state index contributed by atoms with van der Waals surface area (Å²) in [6.45, 7) is 10.9. The number of benzene rings is 3. The highest BCUT2D eigenvalue weighted by molar-refractivity contribution is 6.06. The van der Waals surface area contributed by atoms with Crippen molar-refractivity contribution in [3.05, 3.63) is 106 Å². The summed E-state index contributed by atoms with van der Waals surface area (Å²) in [7, 11) is 0. The number of amides is 1. The number of nitrogens with zero attached hydrogens (tertiary/aromatic N) is 1. The van der Waals surface area contributed by atoms with E-state index in [2.05, 4.69) is 88.5 Å². The Balaban J connectivity index is 1.61. The number of hydrogen-bond acceptors (Lipinski definition) is 3. The van der Waals surface area contributed by atoms with Crippen molar-refractivity contribution in [1.82, 2.24) is 0 Å². The first-order chi connectivity index (χ1) is 19.2. The molecule has 4 heteroatoms. The number of nitrogens with one attached hydrogen (secondary N) is 1. The van der Waals surface area contributed by atoms with E-state index < -0.39 is 6.04 Å². The van der Waals surface area contributed by atoms with Gasteiger partial charge in [-0.25, -0.2) is 0 Å². The third kappa shape index (κ3) is 5.63. The number of anilines is 2. The summed E-state index contributed by atoms with van der Waals surface area (Å²) in [5.41, 5.74) is 8.06. The second kappa shape index (κ2) is 11.4. The van der Waals surface area contributed by atoms with Gasteiger partial charge >= 0.3 is 0 Å². The number of Topliss-reactive ketones (excluding diaryl/α,β-unsaturated/α-hetero) is 1. The summed E-state index contributed by atoms with van der Waals surface area (Å²) in [6.07, 6.45) is 4.53. The van der Waals surface area contributed by atoms with Crippen LogP contribution in [-0.2, 0) is 15.0 Å². The van der Waals surface area contributed by atoms with Crippen LogP contribution in [0.25, 0.3) is 0 Å². The van der Waals surface area contributed by atoms with Gasteiger partial charge in [0.2, 0.25) is 5.91 Å². The molecule has 2 aliphatic rings. The van der Waals surface area contributed by atoms with Crippen molar-refractivity contribution in [2.24, 2.45) is 0 Å². The highest BCUT2D eigenvalue weighted by atomic mass is 16.2. The first kappa shape index (κ1) is 27.9. The molecule has 0 radical (unpaired) electrons. The zero-order valence-electron chi connectivity index (χ0n) is 24.6. The van der Waals surface area contributed by atoms with Gasteiger partial charge in [-0.2, -0.15) is 0 Å². The van der Waals surface area contributed by atoms with Crippen LogP contribution in [0.3, 0.4) is 0 Å². The van der Waals surface area contributed by atoms with Crippen molar-refractivity contribution >= 4 is 23.1 Å². The number of hydrogen-bond donors (Lipinski definition) is 1. The number of ketones is 1. The summed E-state index contributed by atoms with van der Waals surface area (Å²) in [5.74, 6) is 0.267. The average Bonchev–Trinajstić information content (AvgIpc) is 3.08. The number of unbranched alkanes of at least 4 members (excludes halogenated alkanes) is 2. The smallest absolute Gasteiger partial charge is 0.227 e. The van der Waals surface area contributed by atoms with Crippen LogP contribution in [0, 0.1) is 6.92 Å². The fourth-order valence-corrected chi connectivity index (χ4v) is 6.07. The van der Waals surface area contributed by atoms with Gasteiger partial charge in [0.15, 0.2) is 5.78 Å². The molecule has 1 amide bonds. The molecule has 0 saturated heterocycles. The first-order valence-corrected chi connectivity index (χ1v) is 14.8. The Bertz CT molecular complexity index is 1410. The Morgan fingerprint density at radius 1 is 0.900 bits per heavy atom. The van der Waals surface area contributed by atoms with Crippen LogP contribution >= 0.6 is 0 Å². The minimum absolute atomic E-state index is 0.0646. The van der Waals surface area contributed by atoms with E-state index in [1.807, 2.05) is 29.2 Å². The average molecular weight is 535 g/mol. The molecule has 0 spiro atoms. The molecular formula is C36H42N2O2. The van der Waals surface area contributed by atoms with Gasteiger partial charge in [-0.15, -0.1) is 0 Å². The molecule has 5 rings (SSSR count). The zero-order valence-corrected chi connectivity index (χ0v) is 24.6. The SMILES string of the molecule is CCCCCC(=O)N1c2ccccc2NC2=C(C(=O)CC(c3ccc(C(C)(C)C)cc3)C2)C1c1ccc(C)cc1. The molecule has 3 aromatic rings. The summed E-state index contributed by atoms with van der Waals surface area (Å²) in [4.78, 5) is 30.1. The molecule has 2 unspecified atom stereocenters. The van der Waals surface area contributed by atoms with Crippen molar-refractivity contribution in [3.8, 4) is 0 Å². The molecule has 1 heterocycles. The van der Waals surface area contributed by atoms with Gasteiger partial charge in [-0.05, 0) is 59.9 Å². The van der Waals surface area contributed by atoms with Gasteiger partial charge in [0, 0.05) is 24.1 Å². The van der Waals surface area contributed by atoms with E-state index in [9.17, 15) is 9.59 Å². The minimum Gasteiger partial charge on any atom is -0.357 e. The minimum atomic E-state index is -0.461. The van der Waals surface area contributed by atoms with E-state index in [0.29, 0.717) is 12.8 Å². The summed E-state index contributed by atoms with van der Waals surface area (Å²) < 4.78 is 0. The van der Waals surface area contributed by atoms with Gasteiger partial charge in [0.05, 0.1) is 17.4 Å². The van der Waals surface area contributed by atoms with Crippen LogP contribution in [0.5, 0.6) is 0 Å². The molecule has 0 fully saturated rings. The monoisotopic (exact) mass is 534 g/mol. The van der Waals surface area contributed by atoms with Gasteiger partial charge in [-0.1, -0.05) is 107 Å². The summed E-state index contributed by atoms with van der Waals surface area (Å²) in [6, 6.07) is 24.6. The molecule has 0 bridgehead atoms. The predicted molar refractivity (Wildman–Crippen MR) is 165 cm³/mol. The molecule has 3 aromatic carbocycles. The van der Waals surface area contributed by atoms with Crippen molar-refractivity contribution < 1.29 is 9.59 Å². The summed E-state index contributed by atoms with van der Waals surface area (Å²) in [5, 5.41) is 3.66. The van der Waals surface area contributed by atoms with E-state index in [-0.39, 0.29) is 23.0 Å². The van der Waals surface area contributed by atoms with Crippen LogP contribution in [0.1, 0.15) is 100 Å². The van der Waals surface area contributed by atoms with E-state index in [0.717, 1.165) is 59.5 Å². The maximum Gasteiger partial charge on any atom is 0.227 e. The maximum absolute atomic E-state index is 14.2. The van der Waals surface area contributed by atoms with Crippen molar-refractivity contribution in [3.63, 3.8) is 0 Å². The molecular weight excluding hydrogens is 492 g/mol. The molecule has 40 heavy (non-hydrogen) atoms. The van der Waals surface area contributed by atoms with Crippen LogP contribution in [0.2, 0.25) is 0 Å². The van der Waals surface area contributed by atoms with Crippen molar-refractivity contribution in [2.45, 2.75) is 90.5 Å². The van der Waals surface area contributed by atoms with Gasteiger partial charge < -0.3 is 5.32 Å². The maximum atomic E-state index is 14.2. The highest BCUT2D eigenvalue weighted by Crippen LogP contribution is 2.47. The van der Waals surface area contributed by atoms with Gasteiger partial charge in [0.25, 0.3) is 0 Å². The second-order valence-corrected chi connectivity index (χ2v) is 12.5. The number of carbonyl (C=O) groups excluding carboxylic acids is 2. The van der Waals surface area contributed by atoms with E-state index >= 15 is 0 Å². The van der Waals surface area contributed by atoms with Crippen molar-refractivity contribution in [2.75, 3.05) is 10.2 Å². The van der Waals surface area contributed by atoms with E-state index in [4.69, 9.17) is 0 Å². The number of para-hydroxylation sites is 2. The third-order valence-corrected chi connectivity index (χ3v) is 8.39. The normalized spacial score (nSPS) is 19.0. The van der Waals surface area contributed by atoms with Crippen molar-refractivity contribution in [1.29, 1.82) is 0 Å². The van der Waals surface area contributed by atoms with E-state index in [1.165, 1.54) is 11.1 Å². The largest absolute Gasteiger partial charge is 0.357 e. The van der Waals surface area contributed by atoms with Gasteiger partial charge in [-0.3, -0.25) is 14.5 Å². The number of allylic oxidation sites excluding steroid dienone is 1. The predicted octanol–water partition coefficient (Wildman–Crippen LogP) is 8.77. The topological polar surface area (TPSA) is 49.4 Å². The molecule has 4 nitrogen and oxygen atoms in total. The lowest BCUT2D eigenvalue weighted by atomic mass is 9.77.